The van der Waals surface area contributed by atoms with Crippen LogP contribution in [-0.2, 0) is 17.6 Å². The highest BCUT2D eigenvalue weighted by atomic mass is 16.5. The Morgan fingerprint density at radius 2 is 1.69 bits per heavy atom. The van der Waals surface area contributed by atoms with Crippen molar-refractivity contribution in [1.29, 1.82) is 0 Å². The first-order valence-electron chi connectivity index (χ1n) is 10.2. The van der Waals surface area contributed by atoms with Crippen LogP contribution in [0.2, 0.25) is 0 Å². The van der Waals surface area contributed by atoms with Crippen molar-refractivity contribution >= 4 is 11.9 Å². The first kappa shape index (κ1) is 19.3. The van der Waals surface area contributed by atoms with Crippen molar-refractivity contribution in [3.05, 3.63) is 65.2 Å². The minimum absolute atomic E-state index is 0.0197. The van der Waals surface area contributed by atoms with Crippen LogP contribution in [0.25, 0.3) is 0 Å². The number of hydrogen-bond acceptors (Lipinski definition) is 3. The van der Waals surface area contributed by atoms with Crippen molar-refractivity contribution in [2.75, 3.05) is 32.7 Å². The summed E-state index contributed by atoms with van der Waals surface area (Å²) < 4.78 is 5.87. The Balaban J connectivity index is 1.20. The van der Waals surface area contributed by atoms with Gasteiger partial charge in [0.1, 0.15) is 11.9 Å². The molecule has 1 atom stereocenters. The Labute approximate surface area is 171 Å². The molecular formula is C23H27N3O3. The molecule has 0 aromatic heterocycles. The molecule has 0 bridgehead atoms. The van der Waals surface area contributed by atoms with Crippen LogP contribution in [-0.4, -0.2) is 60.6 Å². The third kappa shape index (κ3) is 4.70. The Morgan fingerprint density at radius 3 is 2.41 bits per heavy atom. The molecule has 2 aromatic carbocycles. The quantitative estimate of drug-likeness (QED) is 0.868. The van der Waals surface area contributed by atoms with Gasteiger partial charge < -0.3 is 19.9 Å². The fourth-order valence-corrected chi connectivity index (χ4v) is 3.83. The summed E-state index contributed by atoms with van der Waals surface area (Å²) in [7, 11) is 0. The molecular weight excluding hydrogens is 366 g/mol. The van der Waals surface area contributed by atoms with Crippen LogP contribution in [0.1, 0.15) is 16.7 Å². The summed E-state index contributed by atoms with van der Waals surface area (Å²) in [4.78, 5) is 28.6. The lowest BCUT2D eigenvalue weighted by molar-refractivity contribution is -0.131. The van der Waals surface area contributed by atoms with Gasteiger partial charge in [-0.15, -0.1) is 0 Å². The van der Waals surface area contributed by atoms with Crippen LogP contribution in [0.15, 0.2) is 48.5 Å². The number of benzene rings is 2. The summed E-state index contributed by atoms with van der Waals surface area (Å²) in [6, 6.07) is 15.9. The highest BCUT2D eigenvalue weighted by Gasteiger charge is 2.26. The van der Waals surface area contributed by atoms with Crippen LogP contribution in [0.4, 0.5) is 4.79 Å². The van der Waals surface area contributed by atoms with E-state index in [2.05, 4.69) is 11.4 Å². The number of hydrogen-bond donors (Lipinski definition) is 1. The molecule has 6 nitrogen and oxygen atoms in total. The van der Waals surface area contributed by atoms with E-state index in [9.17, 15) is 9.59 Å². The van der Waals surface area contributed by atoms with Crippen molar-refractivity contribution in [3.63, 3.8) is 0 Å². The lowest BCUT2D eigenvalue weighted by Crippen LogP contribution is -2.54. The molecule has 1 fully saturated rings. The van der Waals surface area contributed by atoms with Gasteiger partial charge in [-0.25, -0.2) is 4.79 Å². The molecule has 1 saturated heterocycles. The van der Waals surface area contributed by atoms with E-state index in [4.69, 9.17) is 4.74 Å². The van der Waals surface area contributed by atoms with Crippen LogP contribution in [0, 0.1) is 6.92 Å². The molecule has 152 valence electrons. The fourth-order valence-electron chi connectivity index (χ4n) is 3.83. The molecule has 3 amide bonds. The van der Waals surface area contributed by atoms with E-state index in [1.807, 2.05) is 54.3 Å². The maximum absolute atomic E-state index is 12.5. The number of rotatable bonds is 4. The molecule has 6 heteroatoms. The standard InChI is InChI=1S/C23H27N3O3/c1-17-6-8-18(9-7-17)14-22(27)25-10-12-26(13-11-25)23(28)24-16-20-15-19-4-2-3-5-21(19)29-20/h2-9,20H,10-16H2,1H3,(H,24,28). The van der Waals surface area contributed by atoms with E-state index in [-0.39, 0.29) is 18.0 Å². The number of nitrogens with zero attached hydrogens (tertiary/aromatic N) is 2. The largest absolute Gasteiger partial charge is 0.488 e. The van der Waals surface area contributed by atoms with E-state index >= 15 is 0 Å². The Bertz CT molecular complexity index is 848. The fraction of sp³-hybridized carbons (Fsp3) is 0.391. The maximum atomic E-state index is 12.5. The predicted octanol–water partition coefficient (Wildman–Crippen LogP) is 2.40. The van der Waals surface area contributed by atoms with Crippen LogP contribution in [0.5, 0.6) is 5.75 Å². The molecule has 0 spiro atoms. The van der Waals surface area contributed by atoms with E-state index in [0.717, 1.165) is 17.7 Å². The van der Waals surface area contributed by atoms with Crippen LogP contribution < -0.4 is 10.1 Å². The third-order valence-electron chi connectivity index (χ3n) is 5.59. The number of urea groups is 1. The van der Waals surface area contributed by atoms with Crippen molar-refractivity contribution in [2.24, 2.45) is 0 Å². The smallest absolute Gasteiger partial charge is 0.317 e. The Hall–Kier alpha value is -3.02. The molecule has 2 aromatic rings. The SMILES string of the molecule is Cc1ccc(CC(=O)N2CCN(C(=O)NCC3Cc4ccccc4O3)CC2)cc1. The zero-order valence-corrected chi connectivity index (χ0v) is 16.8. The molecule has 1 N–H and O–H groups in total. The highest BCUT2D eigenvalue weighted by molar-refractivity contribution is 5.79. The summed E-state index contributed by atoms with van der Waals surface area (Å²) in [5.41, 5.74) is 3.40. The first-order valence-corrected chi connectivity index (χ1v) is 10.2. The summed E-state index contributed by atoms with van der Waals surface area (Å²) in [6.07, 6.45) is 1.21. The Morgan fingerprint density at radius 1 is 1.00 bits per heavy atom. The monoisotopic (exact) mass is 393 g/mol. The number of para-hydroxylation sites is 1. The number of carbonyl (C=O) groups is 2. The highest BCUT2D eigenvalue weighted by Crippen LogP contribution is 2.27. The zero-order chi connectivity index (χ0) is 20.2. The molecule has 29 heavy (non-hydrogen) atoms. The van der Waals surface area contributed by atoms with Gasteiger partial charge in [0.2, 0.25) is 5.91 Å². The summed E-state index contributed by atoms with van der Waals surface area (Å²) >= 11 is 0. The minimum atomic E-state index is -0.0878. The van der Waals surface area contributed by atoms with Gasteiger partial charge >= 0.3 is 6.03 Å². The van der Waals surface area contributed by atoms with E-state index < -0.39 is 0 Å². The van der Waals surface area contributed by atoms with E-state index in [1.165, 1.54) is 11.1 Å². The Kier molecular flexibility index (Phi) is 5.69. The topological polar surface area (TPSA) is 61.9 Å². The summed E-state index contributed by atoms with van der Waals surface area (Å²) in [5, 5.41) is 2.98. The summed E-state index contributed by atoms with van der Waals surface area (Å²) in [5.74, 6) is 1.03. The number of carbonyl (C=O) groups excluding carboxylic acids is 2. The average Bonchev–Trinajstić information content (AvgIpc) is 3.17. The number of fused-ring (bicyclic) bond motifs is 1. The average molecular weight is 393 g/mol. The molecule has 2 heterocycles. The molecule has 0 saturated carbocycles. The van der Waals surface area contributed by atoms with Crippen molar-refractivity contribution in [1.82, 2.24) is 15.1 Å². The van der Waals surface area contributed by atoms with Crippen molar-refractivity contribution < 1.29 is 14.3 Å². The van der Waals surface area contributed by atoms with Gasteiger partial charge in [0, 0.05) is 32.6 Å². The number of nitrogens with one attached hydrogen (secondary N) is 1. The van der Waals surface area contributed by atoms with Gasteiger partial charge in [-0.2, -0.15) is 0 Å². The molecule has 2 aliphatic rings. The lowest BCUT2D eigenvalue weighted by Gasteiger charge is -2.35. The van der Waals surface area contributed by atoms with Crippen LogP contribution in [0.3, 0.4) is 0 Å². The maximum Gasteiger partial charge on any atom is 0.317 e. The van der Waals surface area contributed by atoms with Gasteiger partial charge in [-0.1, -0.05) is 48.0 Å². The predicted molar refractivity (Wildman–Crippen MR) is 111 cm³/mol. The van der Waals surface area contributed by atoms with Gasteiger partial charge in [-0.3, -0.25) is 4.79 Å². The van der Waals surface area contributed by atoms with Gasteiger partial charge in [0.15, 0.2) is 0 Å². The molecule has 2 aliphatic heterocycles. The number of amides is 3. The molecule has 4 rings (SSSR count). The normalized spacial score (nSPS) is 18.2. The number of ether oxygens (including phenoxy) is 1. The number of piperazine rings is 1. The van der Waals surface area contributed by atoms with Gasteiger partial charge in [0.05, 0.1) is 13.0 Å². The second-order valence-corrected chi connectivity index (χ2v) is 7.77. The van der Waals surface area contributed by atoms with Crippen LogP contribution >= 0.6 is 0 Å². The number of aryl methyl sites for hydroxylation is 1. The summed E-state index contributed by atoms with van der Waals surface area (Å²) in [6.45, 7) is 4.77. The molecule has 1 unspecified atom stereocenters. The second kappa shape index (κ2) is 8.55. The van der Waals surface area contributed by atoms with E-state index in [1.54, 1.807) is 4.90 Å². The first-order chi connectivity index (χ1) is 14.1. The zero-order valence-electron chi connectivity index (χ0n) is 16.8. The molecule has 0 aliphatic carbocycles. The molecule has 0 radical (unpaired) electrons. The second-order valence-electron chi connectivity index (χ2n) is 7.77. The minimum Gasteiger partial charge on any atom is -0.488 e. The lowest BCUT2D eigenvalue weighted by atomic mass is 10.1. The van der Waals surface area contributed by atoms with Crippen molar-refractivity contribution in [2.45, 2.75) is 25.9 Å². The van der Waals surface area contributed by atoms with E-state index in [0.29, 0.717) is 39.1 Å². The van der Waals surface area contributed by atoms with Crippen molar-refractivity contribution in [3.8, 4) is 5.75 Å². The third-order valence-corrected chi connectivity index (χ3v) is 5.59. The van der Waals surface area contributed by atoms with Gasteiger partial charge in [0.25, 0.3) is 0 Å². The van der Waals surface area contributed by atoms with Gasteiger partial charge in [-0.05, 0) is 24.1 Å².